The van der Waals surface area contributed by atoms with Crippen LogP contribution < -0.4 is 16.0 Å². The lowest BCUT2D eigenvalue weighted by molar-refractivity contribution is -0.116. The van der Waals surface area contributed by atoms with E-state index in [4.69, 9.17) is 11.6 Å². The van der Waals surface area contributed by atoms with Crippen LogP contribution in [0.2, 0.25) is 5.02 Å². The minimum Gasteiger partial charge on any atom is -0.351 e. The van der Waals surface area contributed by atoms with Crippen LogP contribution in [0.3, 0.4) is 0 Å². The van der Waals surface area contributed by atoms with Crippen LogP contribution in [0.15, 0.2) is 48.5 Å². The third-order valence-electron chi connectivity index (χ3n) is 3.22. The van der Waals surface area contributed by atoms with Gasteiger partial charge in [-0.05, 0) is 30.3 Å². The zero-order valence-corrected chi connectivity index (χ0v) is 14.4. The van der Waals surface area contributed by atoms with Gasteiger partial charge in [0.15, 0.2) is 0 Å². The van der Waals surface area contributed by atoms with Crippen LogP contribution in [-0.4, -0.2) is 24.3 Å². The van der Waals surface area contributed by atoms with Gasteiger partial charge in [0, 0.05) is 31.3 Å². The number of amides is 3. The molecule has 0 saturated carbocycles. The molecule has 0 aliphatic heterocycles. The van der Waals surface area contributed by atoms with E-state index >= 15 is 0 Å². The summed E-state index contributed by atoms with van der Waals surface area (Å²) >= 11 is 5.95. The lowest BCUT2D eigenvalue weighted by Gasteiger charge is -2.09. The highest BCUT2D eigenvalue weighted by atomic mass is 35.5. The molecule has 130 valence electrons. The molecule has 2 rings (SSSR count). The van der Waals surface area contributed by atoms with Crippen LogP contribution in [0.25, 0.3) is 0 Å². The molecule has 6 nitrogen and oxygen atoms in total. The number of nitrogens with one attached hydrogen (secondary N) is 3. The van der Waals surface area contributed by atoms with E-state index in [9.17, 15) is 14.4 Å². The highest BCUT2D eigenvalue weighted by Crippen LogP contribution is 2.16. The predicted molar refractivity (Wildman–Crippen MR) is 97.8 cm³/mol. The summed E-state index contributed by atoms with van der Waals surface area (Å²) in [5, 5.41) is 8.37. The molecule has 0 spiro atoms. The van der Waals surface area contributed by atoms with Crippen LogP contribution in [0, 0.1) is 0 Å². The van der Waals surface area contributed by atoms with Crippen LogP contribution in [0.1, 0.15) is 23.7 Å². The molecule has 3 amide bonds. The minimum atomic E-state index is -0.328. The van der Waals surface area contributed by atoms with Gasteiger partial charge in [0.25, 0.3) is 5.91 Å². The molecule has 25 heavy (non-hydrogen) atoms. The number of carbonyl (C=O) groups is 3. The summed E-state index contributed by atoms with van der Waals surface area (Å²) in [7, 11) is 0. The number of carbonyl (C=O) groups excluding carboxylic acids is 3. The second-order valence-electron chi connectivity index (χ2n) is 5.30. The van der Waals surface area contributed by atoms with Gasteiger partial charge in [0.1, 0.15) is 0 Å². The van der Waals surface area contributed by atoms with Gasteiger partial charge in [-0.3, -0.25) is 14.4 Å². The fourth-order valence-corrected chi connectivity index (χ4v) is 2.35. The third kappa shape index (κ3) is 5.93. The molecule has 0 aliphatic rings. The first-order chi connectivity index (χ1) is 12.0. The number of hydrogen-bond acceptors (Lipinski definition) is 3. The molecular formula is C18H18ClN3O3. The fourth-order valence-electron chi connectivity index (χ4n) is 2.13. The van der Waals surface area contributed by atoms with Crippen molar-refractivity contribution in [1.82, 2.24) is 5.32 Å². The molecule has 0 bridgehead atoms. The zero-order chi connectivity index (χ0) is 18.2. The average Bonchev–Trinajstić information content (AvgIpc) is 2.54. The van der Waals surface area contributed by atoms with E-state index in [-0.39, 0.29) is 30.7 Å². The molecule has 0 radical (unpaired) electrons. The van der Waals surface area contributed by atoms with Crippen LogP contribution in [0.5, 0.6) is 0 Å². The second-order valence-corrected chi connectivity index (χ2v) is 5.70. The Bertz CT molecular complexity index is 793. The maximum atomic E-state index is 12.0. The van der Waals surface area contributed by atoms with Crippen molar-refractivity contribution >= 4 is 40.7 Å². The smallest absolute Gasteiger partial charge is 0.252 e. The molecule has 0 saturated heterocycles. The summed E-state index contributed by atoms with van der Waals surface area (Å²) in [4.78, 5) is 35.0. The Kier molecular flexibility index (Phi) is 6.54. The molecule has 0 atom stereocenters. The predicted octanol–water partition coefficient (Wildman–Crippen LogP) is 3.06. The van der Waals surface area contributed by atoms with E-state index in [0.29, 0.717) is 22.0 Å². The van der Waals surface area contributed by atoms with Crippen molar-refractivity contribution in [1.29, 1.82) is 0 Å². The Labute approximate surface area is 150 Å². The number of rotatable bonds is 6. The van der Waals surface area contributed by atoms with Crippen molar-refractivity contribution in [3.05, 3.63) is 59.1 Å². The molecular weight excluding hydrogens is 342 g/mol. The Hall–Kier alpha value is -2.86. The first kappa shape index (κ1) is 18.5. The topological polar surface area (TPSA) is 87.3 Å². The van der Waals surface area contributed by atoms with E-state index < -0.39 is 0 Å². The molecule has 0 aromatic heterocycles. The molecule has 7 heteroatoms. The van der Waals surface area contributed by atoms with Gasteiger partial charge in [-0.2, -0.15) is 0 Å². The van der Waals surface area contributed by atoms with Crippen molar-refractivity contribution < 1.29 is 14.4 Å². The quantitative estimate of drug-likeness (QED) is 0.740. The second kappa shape index (κ2) is 8.84. The lowest BCUT2D eigenvalue weighted by atomic mass is 10.2. The summed E-state index contributed by atoms with van der Waals surface area (Å²) in [5.41, 5.74) is 1.53. The Morgan fingerprint density at radius 2 is 1.64 bits per heavy atom. The average molecular weight is 360 g/mol. The van der Waals surface area contributed by atoms with Crippen molar-refractivity contribution in [3.63, 3.8) is 0 Å². The van der Waals surface area contributed by atoms with Gasteiger partial charge in [-0.1, -0.05) is 29.8 Å². The van der Waals surface area contributed by atoms with E-state index in [1.54, 1.807) is 48.5 Å². The highest BCUT2D eigenvalue weighted by molar-refractivity contribution is 6.33. The molecule has 3 N–H and O–H groups in total. The number of benzene rings is 2. The van der Waals surface area contributed by atoms with Gasteiger partial charge in [0.2, 0.25) is 11.8 Å². The molecule has 2 aromatic rings. The summed E-state index contributed by atoms with van der Waals surface area (Å²) in [6, 6.07) is 13.5. The largest absolute Gasteiger partial charge is 0.351 e. The molecule has 0 unspecified atom stereocenters. The van der Waals surface area contributed by atoms with Gasteiger partial charge >= 0.3 is 0 Å². The van der Waals surface area contributed by atoms with Gasteiger partial charge in [-0.25, -0.2) is 0 Å². The summed E-state index contributed by atoms with van der Waals surface area (Å²) < 4.78 is 0. The maximum Gasteiger partial charge on any atom is 0.252 e. The van der Waals surface area contributed by atoms with E-state index in [1.165, 1.54) is 6.92 Å². The first-order valence-electron chi connectivity index (χ1n) is 7.66. The number of hydrogen-bond donors (Lipinski definition) is 3. The molecule has 0 heterocycles. The SMILES string of the molecule is CC(=O)Nc1cccc(NC(=O)CCNC(=O)c2ccccc2Cl)c1. The number of halogens is 1. The van der Waals surface area contributed by atoms with Crippen LogP contribution >= 0.6 is 11.6 Å². The van der Waals surface area contributed by atoms with Gasteiger partial charge < -0.3 is 16.0 Å². The lowest BCUT2D eigenvalue weighted by Crippen LogP contribution is -2.27. The number of anilines is 2. The normalized spacial score (nSPS) is 10.0. The highest BCUT2D eigenvalue weighted by Gasteiger charge is 2.10. The summed E-state index contributed by atoms with van der Waals surface area (Å²) in [6.45, 7) is 1.59. The minimum absolute atomic E-state index is 0.112. The summed E-state index contributed by atoms with van der Waals surface area (Å²) in [5.74, 6) is -0.767. The van der Waals surface area contributed by atoms with Gasteiger partial charge in [-0.15, -0.1) is 0 Å². The molecule has 0 aliphatic carbocycles. The van der Waals surface area contributed by atoms with Gasteiger partial charge in [0.05, 0.1) is 10.6 Å². The van der Waals surface area contributed by atoms with E-state index in [2.05, 4.69) is 16.0 Å². The Morgan fingerprint density at radius 3 is 2.32 bits per heavy atom. The third-order valence-corrected chi connectivity index (χ3v) is 3.55. The standard InChI is InChI=1S/C18H18ClN3O3/c1-12(23)21-13-5-4-6-14(11-13)22-17(24)9-10-20-18(25)15-7-2-3-8-16(15)19/h2-8,11H,9-10H2,1H3,(H,20,25)(H,21,23)(H,22,24). The first-order valence-corrected chi connectivity index (χ1v) is 8.04. The van der Waals surface area contributed by atoms with Crippen molar-refractivity contribution in [2.24, 2.45) is 0 Å². The maximum absolute atomic E-state index is 12.0. The fraction of sp³-hybridized carbons (Fsp3) is 0.167. The summed E-state index contributed by atoms with van der Waals surface area (Å²) in [6.07, 6.45) is 0.112. The van der Waals surface area contributed by atoms with Crippen LogP contribution in [0.4, 0.5) is 11.4 Å². The van der Waals surface area contributed by atoms with E-state index in [1.807, 2.05) is 0 Å². The molecule has 0 fully saturated rings. The van der Waals surface area contributed by atoms with E-state index in [0.717, 1.165) is 0 Å². The zero-order valence-electron chi connectivity index (χ0n) is 13.6. The van der Waals surface area contributed by atoms with Crippen molar-refractivity contribution in [2.75, 3.05) is 17.2 Å². The Balaban J connectivity index is 1.82. The van der Waals surface area contributed by atoms with Crippen molar-refractivity contribution in [3.8, 4) is 0 Å². The molecule has 2 aromatic carbocycles. The van der Waals surface area contributed by atoms with Crippen LogP contribution in [-0.2, 0) is 9.59 Å². The van der Waals surface area contributed by atoms with Crippen molar-refractivity contribution in [2.45, 2.75) is 13.3 Å². The Morgan fingerprint density at radius 1 is 0.960 bits per heavy atom. The monoisotopic (exact) mass is 359 g/mol.